The molecule has 2 atom stereocenters. The van der Waals surface area contributed by atoms with Gasteiger partial charge in [0.1, 0.15) is 5.75 Å². The van der Waals surface area contributed by atoms with Gasteiger partial charge in [-0.15, -0.1) is 0 Å². The smallest absolute Gasteiger partial charge is 0.251 e. The Labute approximate surface area is 126 Å². The molecule has 1 aromatic rings. The third-order valence-electron chi connectivity index (χ3n) is 4.12. The number of carbonyl (C=O) groups is 1. The summed E-state index contributed by atoms with van der Waals surface area (Å²) < 4.78 is 5.38. The predicted molar refractivity (Wildman–Crippen MR) is 84.6 cm³/mol. The molecule has 1 aliphatic heterocycles. The van der Waals surface area contributed by atoms with Gasteiger partial charge < -0.3 is 20.7 Å². The van der Waals surface area contributed by atoms with Crippen molar-refractivity contribution in [3.05, 3.63) is 23.8 Å². The van der Waals surface area contributed by atoms with E-state index in [0.29, 0.717) is 29.6 Å². The third kappa shape index (κ3) is 3.88. The number of ether oxygens (including phenoxy) is 1. The molecule has 5 heteroatoms. The van der Waals surface area contributed by atoms with Crippen LogP contribution in [0.15, 0.2) is 18.2 Å². The van der Waals surface area contributed by atoms with Gasteiger partial charge in [-0.05, 0) is 51.9 Å². The fraction of sp³-hybridized carbons (Fsp3) is 0.562. The van der Waals surface area contributed by atoms with E-state index >= 15 is 0 Å². The Morgan fingerprint density at radius 3 is 2.90 bits per heavy atom. The number of hydrogen-bond acceptors (Lipinski definition) is 4. The van der Waals surface area contributed by atoms with E-state index < -0.39 is 0 Å². The van der Waals surface area contributed by atoms with Crippen LogP contribution in [0.25, 0.3) is 0 Å². The Balaban J connectivity index is 1.99. The second kappa shape index (κ2) is 6.80. The van der Waals surface area contributed by atoms with Crippen LogP contribution in [-0.2, 0) is 0 Å². The van der Waals surface area contributed by atoms with Crippen molar-refractivity contribution in [2.45, 2.75) is 38.8 Å². The first-order valence-electron chi connectivity index (χ1n) is 7.54. The molecular formula is C16H25N3O2. The number of piperidine rings is 1. The number of nitrogens with two attached hydrogens (primary N) is 1. The Bertz CT molecular complexity index is 504. The maximum absolute atomic E-state index is 12.3. The summed E-state index contributed by atoms with van der Waals surface area (Å²) in [6, 6.07) is 5.92. The average Bonchev–Trinajstić information content (AvgIpc) is 2.45. The van der Waals surface area contributed by atoms with Gasteiger partial charge in [0.2, 0.25) is 0 Å². The van der Waals surface area contributed by atoms with Crippen molar-refractivity contribution in [2.24, 2.45) is 0 Å². The number of nitrogens with one attached hydrogen (secondary N) is 1. The molecule has 3 N–H and O–H groups in total. The number of benzene rings is 1. The minimum atomic E-state index is -0.0634. The Morgan fingerprint density at radius 2 is 2.29 bits per heavy atom. The number of amides is 1. The predicted octanol–water partition coefficient (Wildman–Crippen LogP) is 1.88. The second-order valence-electron chi connectivity index (χ2n) is 5.71. The molecule has 0 aromatic heterocycles. The van der Waals surface area contributed by atoms with Crippen LogP contribution in [0, 0.1) is 0 Å². The molecule has 2 unspecified atom stereocenters. The van der Waals surface area contributed by atoms with E-state index in [1.54, 1.807) is 18.2 Å². The van der Waals surface area contributed by atoms with E-state index in [2.05, 4.69) is 24.2 Å². The standard InChI is InChI=1S/C16H25N3O2/c1-4-21-15-6-5-12(10-14(15)17)16(20)18-13-7-8-19(3)11(2)9-13/h5-6,10-11,13H,4,7-9,17H2,1-3H3,(H,18,20). The molecular weight excluding hydrogens is 266 g/mol. The molecule has 1 fully saturated rings. The van der Waals surface area contributed by atoms with Crippen LogP contribution in [0.2, 0.25) is 0 Å². The monoisotopic (exact) mass is 291 g/mol. The molecule has 1 saturated heterocycles. The summed E-state index contributed by atoms with van der Waals surface area (Å²) in [6.07, 6.45) is 1.97. The topological polar surface area (TPSA) is 67.6 Å². The summed E-state index contributed by atoms with van der Waals surface area (Å²) in [5.41, 5.74) is 6.99. The van der Waals surface area contributed by atoms with Gasteiger partial charge in [0.25, 0.3) is 5.91 Å². The first kappa shape index (κ1) is 15.6. The third-order valence-corrected chi connectivity index (χ3v) is 4.12. The zero-order valence-corrected chi connectivity index (χ0v) is 13.1. The fourth-order valence-electron chi connectivity index (χ4n) is 2.67. The van der Waals surface area contributed by atoms with E-state index in [1.165, 1.54) is 0 Å². The summed E-state index contributed by atoms with van der Waals surface area (Å²) in [4.78, 5) is 14.6. The van der Waals surface area contributed by atoms with Gasteiger partial charge in [-0.2, -0.15) is 0 Å². The first-order valence-corrected chi connectivity index (χ1v) is 7.54. The summed E-state index contributed by atoms with van der Waals surface area (Å²) >= 11 is 0. The van der Waals surface area contributed by atoms with E-state index in [-0.39, 0.29) is 11.9 Å². The van der Waals surface area contributed by atoms with Crippen LogP contribution in [0.1, 0.15) is 37.0 Å². The highest BCUT2D eigenvalue weighted by atomic mass is 16.5. The van der Waals surface area contributed by atoms with Crippen molar-refractivity contribution in [1.82, 2.24) is 10.2 Å². The van der Waals surface area contributed by atoms with Gasteiger partial charge in [0.05, 0.1) is 12.3 Å². The quantitative estimate of drug-likeness (QED) is 0.831. The highest BCUT2D eigenvalue weighted by molar-refractivity contribution is 5.95. The average molecular weight is 291 g/mol. The normalized spacial score (nSPS) is 22.8. The lowest BCUT2D eigenvalue weighted by Gasteiger charge is -2.35. The van der Waals surface area contributed by atoms with Crippen molar-refractivity contribution in [3.8, 4) is 5.75 Å². The van der Waals surface area contributed by atoms with Crippen molar-refractivity contribution in [1.29, 1.82) is 0 Å². The molecule has 1 aliphatic rings. The molecule has 1 heterocycles. The van der Waals surface area contributed by atoms with E-state index in [1.807, 2.05) is 6.92 Å². The van der Waals surface area contributed by atoms with Gasteiger partial charge in [0, 0.05) is 24.2 Å². The molecule has 0 spiro atoms. The largest absolute Gasteiger partial charge is 0.492 e. The number of hydrogen-bond donors (Lipinski definition) is 2. The number of nitrogens with zero attached hydrogens (tertiary/aromatic N) is 1. The van der Waals surface area contributed by atoms with Gasteiger partial charge in [-0.25, -0.2) is 0 Å². The van der Waals surface area contributed by atoms with Crippen LogP contribution < -0.4 is 15.8 Å². The van der Waals surface area contributed by atoms with Crippen LogP contribution in [-0.4, -0.2) is 43.1 Å². The van der Waals surface area contributed by atoms with Gasteiger partial charge >= 0.3 is 0 Å². The fourth-order valence-corrected chi connectivity index (χ4v) is 2.67. The molecule has 116 valence electrons. The maximum Gasteiger partial charge on any atom is 0.251 e. The lowest BCUT2D eigenvalue weighted by atomic mass is 9.98. The van der Waals surface area contributed by atoms with Crippen LogP contribution in [0.5, 0.6) is 5.75 Å². The summed E-state index contributed by atoms with van der Waals surface area (Å²) in [6.45, 7) is 5.66. The molecule has 0 aliphatic carbocycles. The molecule has 0 bridgehead atoms. The van der Waals surface area contributed by atoms with Crippen molar-refractivity contribution < 1.29 is 9.53 Å². The van der Waals surface area contributed by atoms with Crippen molar-refractivity contribution >= 4 is 11.6 Å². The van der Waals surface area contributed by atoms with E-state index in [4.69, 9.17) is 10.5 Å². The SMILES string of the molecule is CCOc1ccc(C(=O)NC2CCN(C)C(C)C2)cc1N. The summed E-state index contributed by atoms with van der Waals surface area (Å²) in [5.74, 6) is 0.563. The summed E-state index contributed by atoms with van der Waals surface area (Å²) in [7, 11) is 2.12. The number of anilines is 1. The molecule has 0 radical (unpaired) electrons. The van der Waals surface area contributed by atoms with Crippen LogP contribution in [0.3, 0.4) is 0 Å². The van der Waals surface area contributed by atoms with Crippen LogP contribution >= 0.6 is 0 Å². The highest BCUT2D eigenvalue weighted by Crippen LogP contribution is 2.23. The molecule has 2 rings (SSSR count). The van der Waals surface area contributed by atoms with Crippen molar-refractivity contribution in [2.75, 3.05) is 25.9 Å². The van der Waals surface area contributed by atoms with Gasteiger partial charge in [0.15, 0.2) is 0 Å². The highest BCUT2D eigenvalue weighted by Gasteiger charge is 2.24. The molecule has 1 amide bonds. The lowest BCUT2D eigenvalue weighted by molar-refractivity contribution is 0.0896. The summed E-state index contributed by atoms with van der Waals surface area (Å²) in [5, 5.41) is 3.10. The lowest BCUT2D eigenvalue weighted by Crippen LogP contribution is -2.47. The minimum absolute atomic E-state index is 0.0634. The number of likely N-dealkylation sites (tertiary alicyclic amines) is 1. The molecule has 1 aromatic carbocycles. The Kier molecular flexibility index (Phi) is 5.07. The first-order chi connectivity index (χ1) is 10.0. The molecule has 0 saturated carbocycles. The van der Waals surface area contributed by atoms with Gasteiger partial charge in [-0.3, -0.25) is 4.79 Å². The van der Waals surface area contributed by atoms with Crippen LogP contribution in [0.4, 0.5) is 5.69 Å². The number of carbonyl (C=O) groups excluding carboxylic acids is 1. The second-order valence-corrected chi connectivity index (χ2v) is 5.71. The zero-order valence-electron chi connectivity index (χ0n) is 13.1. The Hall–Kier alpha value is -1.75. The zero-order chi connectivity index (χ0) is 15.4. The molecule has 21 heavy (non-hydrogen) atoms. The number of nitrogen functional groups attached to an aromatic ring is 1. The van der Waals surface area contributed by atoms with E-state index in [9.17, 15) is 4.79 Å². The van der Waals surface area contributed by atoms with E-state index in [0.717, 1.165) is 19.4 Å². The van der Waals surface area contributed by atoms with Crippen molar-refractivity contribution in [3.63, 3.8) is 0 Å². The molecule has 5 nitrogen and oxygen atoms in total. The van der Waals surface area contributed by atoms with Gasteiger partial charge in [-0.1, -0.05) is 0 Å². The minimum Gasteiger partial charge on any atom is -0.492 e. The number of rotatable bonds is 4. The Morgan fingerprint density at radius 1 is 1.52 bits per heavy atom. The maximum atomic E-state index is 12.3.